The molecule has 0 amide bonds. The zero-order valence-electron chi connectivity index (χ0n) is 9.06. The van der Waals surface area contributed by atoms with Gasteiger partial charge in [-0.15, -0.1) is 12.4 Å². The summed E-state index contributed by atoms with van der Waals surface area (Å²) in [4.78, 5) is 4.00. The van der Waals surface area contributed by atoms with Crippen LogP contribution >= 0.6 is 12.4 Å². The second-order valence-electron chi connectivity index (χ2n) is 4.07. The van der Waals surface area contributed by atoms with Gasteiger partial charge in [-0.1, -0.05) is 6.92 Å². The Morgan fingerprint density at radius 3 is 2.67 bits per heavy atom. The molecule has 2 rings (SSSR count). The topological polar surface area (TPSA) is 34.2 Å². The van der Waals surface area contributed by atoms with Crippen molar-refractivity contribution in [1.29, 1.82) is 0 Å². The molecule has 0 spiro atoms. The quantitative estimate of drug-likeness (QED) is 0.798. The summed E-state index contributed by atoms with van der Waals surface area (Å²) in [5, 5.41) is 3.41. The Labute approximate surface area is 96.7 Å². The predicted octanol–water partition coefficient (Wildman–Crippen LogP) is 1.93. The summed E-state index contributed by atoms with van der Waals surface area (Å²) < 4.78 is 5.82. The number of ether oxygens (including phenoxy) is 1. The Hall–Kier alpha value is -0.640. The maximum absolute atomic E-state index is 5.82. The molecule has 1 fully saturated rings. The lowest BCUT2D eigenvalue weighted by Gasteiger charge is -2.38. The van der Waals surface area contributed by atoms with E-state index in [0.29, 0.717) is 5.92 Å². The third-order valence-corrected chi connectivity index (χ3v) is 2.68. The first-order chi connectivity index (χ1) is 6.71. The summed E-state index contributed by atoms with van der Waals surface area (Å²) in [6, 6.07) is 3.98. The van der Waals surface area contributed by atoms with Gasteiger partial charge in [0.15, 0.2) is 0 Å². The predicted molar refractivity (Wildman–Crippen MR) is 62.0 cm³/mol. The Bertz CT molecular complexity index is 297. The maximum atomic E-state index is 5.82. The van der Waals surface area contributed by atoms with Crippen LogP contribution in [0.4, 0.5) is 0 Å². The molecule has 1 aromatic rings. The Kier molecular flexibility index (Phi) is 4.08. The lowest BCUT2D eigenvalue weighted by atomic mass is 10.0. The first kappa shape index (κ1) is 12.4. The molecule has 2 atom stereocenters. The van der Waals surface area contributed by atoms with E-state index in [1.165, 1.54) is 0 Å². The van der Waals surface area contributed by atoms with Crippen molar-refractivity contribution < 1.29 is 4.74 Å². The minimum absolute atomic E-state index is 0. The number of pyridine rings is 1. The molecule has 4 heteroatoms. The lowest BCUT2D eigenvalue weighted by molar-refractivity contribution is -0.106. The molecule has 1 saturated heterocycles. The van der Waals surface area contributed by atoms with Gasteiger partial charge in [-0.3, -0.25) is 10.3 Å². The smallest absolute Gasteiger partial charge is 0.142 e. The zero-order valence-corrected chi connectivity index (χ0v) is 9.88. The fourth-order valence-corrected chi connectivity index (χ4v) is 1.64. The minimum Gasteiger partial charge on any atom is -0.356 e. The standard InChI is InChI=1S/C11H16N2O.ClH/c1-9-7-13-11(2,14-8-9)10-3-5-12-6-4-10;/h3-6,9,13H,7-8H2,1-2H3;1H. The highest BCUT2D eigenvalue weighted by Gasteiger charge is 2.31. The van der Waals surface area contributed by atoms with E-state index in [1.54, 1.807) is 12.4 Å². The van der Waals surface area contributed by atoms with Crippen molar-refractivity contribution in [2.24, 2.45) is 5.92 Å². The van der Waals surface area contributed by atoms with Crippen LogP contribution in [-0.4, -0.2) is 18.1 Å². The van der Waals surface area contributed by atoms with Crippen molar-refractivity contribution in [2.45, 2.75) is 19.6 Å². The van der Waals surface area contributed by atoms with Gasteiger partial charge in [-0.05, 0) is 25.0 Å². The van der Waals surface area contributed by atoms with Crippen LogP contribution in [-0.2, 0) is 10.5 Å². The van der Waals surface area contributed by atoms with Crippen LogP contribution < -0.4 is 5.32 Å². The lowest BCUT2D eigenvalue weighted by Crippen LogP contribution is -2.49. The van der Waals surface area contributed by atoms with Crippen LogP contribution in [0.2, 0.25) is 0 Å². The molecule has 2 heterocycles. The molecule has 3 nitrogen and oxygen atoms in total. The number of hydrogen-bond acceptors (Lipinski definition) is 3. The molecule has 0 radical (unpaired) electrons. The maximum Gasteiger partial charge on any atom is 0.142 e. The summed E-state index contributed by atoms with van der Waals surface area (Å²) in [6.07, 6.45) is 3.59. The van der Waals surface area contributed by atoms with Gasteiger partial charge in [0.1, 0.15) is 5.72 Å². The molecule has 15 heavy (non-hydrogen) atoms. The SMILES string of the molecule is CC1CNC(C)(c2ccncc2)OC1.Cl. The first-order valence-corrected chi connectivity index (χ1v) is 5.00. The number of rotatable bonds is 1. The Balaban J connectivity index is 0.00000112. The molecule has 0 saturated carbocycles. The van der Waals surface area contributed by atoms with Gasteiger partial charge in [-0.25, -0.2) is 0 Å². The molecule has 0 aliphatic carbocycles. The molecule has 2 unspecified atom stereocenters. The molecular weight excluding hydrogens is 212 g/mol. The van der Waals surface area contributed by atoms with E-state index >= 15 is 0 Å². The van der Waals surface area contributed by atoms with E-state index in [9.17, 15) is 0 Å². The van der Waals surface area contributed by atoms with E-state index in [-0.39, 0.29) is 18.1 Å². The van der Waals surface area contributed by atoms with Gasteiger partial charge in [0.05, 0.1) is 6.61 Å². The van der Waals surface area contributed by atoms with Crippen molar-refractivity contribution >= 4 is 12.4 Å². The van der Waals surface area contributed by atoms with Crippen molar-refractivity contribution in [2.75, 3.05) is 13.2 Å². The number of aromatic nitrogens is 1. The summed E-state index contributed by atoms with van der Waals surface area (Å²) in [5.41, 5.74) is 0.800. The van der Waals surface area contributed by atoms with Gasteiger partial charge in [0.25, 0.3) is 0 Å². The van der Waals surface area contributed by atoms with Crippen molar-refractivity contribution in [3.63, 3.8) is 0 Å². The Morgan fingerprint density at radius 1 is 1.47 bits per heavy atom. The van der Waals surface area contributed by atoms with Crippen LogP contribution in [0.15, 0.2) is 24.5 Å². The molecule has 1 aliphatic rings. The largest absolute Gasteiger partial charge is 0.356 e. The fraction of sp³-hybridized carbons (Fsp3) is 0.545. The Morgan fingerprint density at radius 2 is 2.13 bits per heavy atom. The molecule has 1 aliphatic heterocycles. The van der Waals surface area contributed by atoms with E-state index < -0.39 is 0 Å². The van der Waals surface area contributed by atoms with E-state index in [0.717, 1.165) is 18.7 Å². The third kappa shape index (κ3) is 2.68. The highest BCUT2D eigenvalue weighted by molar-refractivity contribution is 5.85. The fourth-order valence-electron chi connectivity index (χ4n) is 1.64. The van der Waals surface area contributed by atoms with Crippen LogP contribution in [0.25, 0.3) is 0 Å². The van der Waals surface area contributed by atoms with Crippen molar-refractivity contribution in [3.05, 3.63) is 30.1 Å². The zero-order chi connectivity index (χ0) is 10.0. The second kappa shape index (κ2) is 4.92. The molecule has 0 bridgehead atoms. The van der Waals surface area contributed by atoms with Gasteiger partial charge in [-0.2, -0.15) is 0 Å². The van der Waals surface area contributed by atoms with Crippen LogP contribution in [0, 0.1) is 5.92 Å². The normalized spacial score (nSPS) is 30.7. The molecular formula is C11H17ClN2O. The number of hydrogen-bond donors (Lipinski definition) is 1. The molecule has 84 valence electrons. The van der Waals surface area contributed by atoms with Crippen LogP contribution in [0.1, 0.15) is 19.4 Å². The van der Waals surface area contributed by atoms with Gasteiger partial charge in [0, 0.05) is 24.5 Å². The molecule has 1 N–H and O–H groups in total. The van der Waals surface area contributed by atoms with Gasteiger partial charge >= 0.3 is 0 Å². The highest BCUT2D eigenvalue weighted by atomic mass is 35.5. The minimum atomic E-state index is -0.338. The number of halogens is 1. The average molecular weight is 229 g/mol. The third-order valence-electron chi connectivity index (χ3n) is 2.68. The van der Waals surface area contributed by atoms with Crippen LogP contribution in [0.5, 0.6) is 0 Å². The number of nitrogens with zero attached hydrogens (tertiary/aromatic N) is 1. The average Bonchev–Trinajstić information content (AvgIpc) is 2.24. The monoisotopic (exact) mass is 228 g/mol. The highest BCUT2D eigenvalue weighted by Crippen LogP contribution is 2.25. The second-order valence-corrected chi connectivity index (χ2v) is 4.07. The summed E-state index contributed by atoms with van der Waals surface area (Å²) in [5.74, 6) is 0.588. The van der Waals surface area contributed by atoms with E-state index in [4.69, 9.17) is 4.74 Å². The molecule has 1 aromatic heterocycles. The van der Waals surface area contributed by atoms with E-state index in [2.05, 4.69) is 24.1 Å². The van der Waals surface area contributed by atoms with Gasteiger partial charge < -0.3 is 4.74 Å². The molecule has 0 aromatic carbocycles. The first-order valence-electron chi connectivity index (χ1n) is 5.00. The summed E-state index contributed by atoms with van der Waals surface area (Å²) >= 11 is 0. The van der Waals surface area contributed by atoms with Crippen molar-refractivity contribution in [1.82, 2.24) is 10.3 Å². The number of nitrogens with one attached hydrogen (secondary N) is 1. The summed E-state index contributed by atoms with van der Waals surface area (Å²) in [7, 11) is 0. The summed E-state index contributed by atoms with van der Waals surface area (Å²) in [6.45, 7) is 6.05. The van der Waals surface area contributed by atoms with Crippen LogP contribution in [0.3, 0.4) is 0 Å². The van der Waals surface area contributed by atoms with Gasteiger partial charge in [0.2, 0.25) is 0 Å². The van der Waals surface area contributed by atoms with E-state index in [1.807, 2.05) is 12.1 Å². The van der Waals surface area contributed by atoms with Crippen molar-refractivity contribution in [3.8, 4) is 0 Å².